The summed E-state index contributed by atoms with van der Waals surface area (Å²) >= 11 is 0. The third kappa shape index (κ3) is 3.80. The molecule has 2 heterocycles. The molecule has 0 aliphatic heterocycles. The Hall–Kier alpha value is -2.68. The number of H-pyrrole nitrogens is 1. The molecule has 1 aromatic carbocycles. The van der Waals surface area contributed by atoms with Crippen LogP contribution in [-0.2, 0) is 10.7 Å². The molecule has 28 heavy (non-hydrogen) atoms. The number of alkyl halides is 3. The number of aromatic amines is 1. The van der Waals surface area contributed by atoms with E-state index >= 15 is 0 Å². The van der Waals surface area contributed by atoms with Crippen LogP contribution in [0.15, 0.2) is 36.8 Å². The topological polar surface area (TPSA) is 75.7 Å². The van der Waals surface area contributed by atoms with Gasteiger partial charge in [0.05, 0.1) is 17.7 Å². The first-order valence-electron chi connectivity index (χ1n) is 9.03. The average molecular weight is 391 g/mol. The van der Waals surface area contributed by atoms with E-state index in [9.17, 15) is 13.2 Å². The Bertz CT molecular complexity index is 946. The molecule has 1 unspecified atom stereocenters. The Labute approximate surface area is 159 Å². The molecule has 3 atom stereocenters. The second kappa shape index (κ2) is 7.38. The fourth-order valence-electron chi connectivity index (χ4n) is 3.40. The Balaban J connectivity index is 1.37. The first kappa shape index (κ1) is 18.7. The van der Waals surface area contributed by atoms with Crippen LogP contribution >= 0.6 is 0 Å². The van der Waals surface area contributed by atoms with E-state index in [1.165, 1.54) is 18.5 Å². The lowest BCUT2D eigenvalue weighted by molar-refractivity contribution is -0.114. The van der Waals surface area contributed by atoms with Gasteiger partial charge < -0.3 is 10.1 Å². The minimum absolute atomic E-state index is 0.135. The van der Waals surface area contributed by atoms with Crippen LogP contribution in [0.2, 0.25) is 0 Å². The zero-order chi connectivity index (χ0) is 19.7. The van der Waals surface area contributed by atoms with E-state index in [-0.39, 0.29) is 24.4 Å². The van der Waals surface area contributed by atoms with Gasteiger partial charge in [-0.05, 0) is 13.3 Å². The van der Waals surface area contributed by atoms with Gasteiger partial charge in [-0.15, -0.1) is 0 Å². The number of rotatable bonds is 6. The van der Waals surface area contributed by atoms with Crippen LogP contribution in [0.25, 0.3) is 11.0 Å². The molecule has 1 aliphatic carbocycles. The molecular weight excluding hydrogens is 371 g/mol. The van der Waals surface area contributed by atoms with E-state index in [2.05, 4.69) is 25.5 Å². The summed E-state index contributed by atoms with van der Waals surface area (Å²) in [5.41, 5.74) is 1.33. The molecule has 0 amide bonds. The molecule has 148 valence electrons. The SMILES string of the molecule is Cc1ccc(C(F)(F)CO[C@@H]2CC(Nc3ncnc4[nH]ncc34)C[C@@H]2F)cc1. The maximum absolute atomic E-state index is 14.4. The number of nitrogens with one attached hydrogen (secondary N) is 2. The molecular formula is C19H20F3N5O. The fraction of sp³-hybridized carbons (Fsp3) is 0.421. The van der Waals surface area contributed by atoms with Crippen LogP contribution < -0.4 is 5.32 Å². The molecule has 2 aromatic heterocycles. The summed E-state index contributed by atoms with van der Waals surface area (Å²) in [6.07, 6.45) is 1.17. The van der Waals surface area contributed by atoms with E-state index in [4.69, 9.17) is 4.74 Å². The van der Waals surface area contributed by atoms with Crippen molar-refractivity contribution in [3.63, 3.8) is 0 Å². The largest absolute Gasteiger partial charge is 0.368 e. The Morgan fingerprint density at radius 2 is 2.00 bits per heavy atom. The molecule has 0 spiro atoms. The third-order valence-electron chi connectivity index (χ3n) is 4.97. The number of hydrogen-bond donors (Lipinski definition) is 2. The van der Waals surface area contributed by atoms with Gasteiger partial charge in [0.2, 0.25) is 0 Å². The molecule has 4 rings (SSSR count). The van der Waals surface area contributed by atoms with Crippen molar-refractivity contribution in [2.24, 2.45) is 0 Å². The molecule has 1 saturated carbocycles. The van der Waals surface area contributed by atoms with Crippen molar-refractivity contribution in [1.82, 2.24) is 20.2 Å². The molecule has 0 radical (unpaired) electrons. The highest BCUT2D eigenvalue weighted by molar-refractivity contribution is 5.85. The fourth-order valence-corrected chi connectivity index (χ4v) is 3.40. The first-order chi connectivity index (χ1) is 13.4. The quantitative estimate of drug-likeness (QED) is 0.669. The van der Waals surface area contributed by atoms with Gasteiger partial charge in [-0.2, -0.15) is 13.9 Å². The van der Waals surface area contributed by atoms with Crippen molar-refractivity contribution >= 4 is 16.9 Å². The Morgan fingerprint density at radius 3 is 2.79 bits per heavy atom. The second-order valence-corrected chi connectivity index (χ2v) is 7.10. The molecule has 0 saturated heterocycles. The van der Waals surface area contributed by atoms with Gasteiger partial charge in [0.1, 0.15) is 24.9 Å². The van der Waals surface area contributed by atoms with Crippen molar-refractivity contribution in [3.05, 3.63) is 47.9 Å². The number of hydrogen-bond acceptors (Lipinski definition) is 5. The summed E-state index contributed by atoms with van der Waals surface area (Å²) < 4.78 is 48.4. The van der Waals surface area contributed by atoms with Crippen molar-refractivity contribution in [2.45, 2.75) is 44.0 Å². The predicted molar refractivity (Wildman–Crippen MR) is 98.0 cm³/mol. The van der Waals surface area contributed by atoms with E-state index in [0.717, 1.165) is 5.56 Å². The molecule has 9 heteroatoms. The number of fused-ring (bicyclic) bond motifs is 1. The van der Waals surface area contributed by atoms with Gasteiger partial charge >= 0.3 is 0 Å². The van der Waals surface area contributed by atoms with Gasteiger partial charge in [0.25, 0.3) is 5.92 Å². The van der Waals surface area contributed by atoms with E-state index in [1.807, 2.05) is 6.92 Å². The van der Waals surface area contributed by atoms with Gasteiger partial charge in [0.15, 0.2) is 5.65 Å². The van der Waals surface area contributed by atoms with E-state index in [1.54, 1.807) is 18.3 Å². The van der Waals surface area contributed by atoms with Crippen LogP contribution in [0, 0.1) is 6.92 Å². The van der Waals surface area contributed by atoms with Crippen molar-refractivity contribution < 1.29 is 17.9 Å². The zero-order valence-electron chi connectivity index (χ0n) is 15.2. The van der Waals surface area contributed by atoms with E-state index in [0.29, 0.717) is 16.9 Å². The minimum Gasteiger partial charge on any atom is -0.368 e. The molecule has 3 aromatic rings. The molecule has 1 fully saturated rings. The van der Waals surface area contributed by atoms with Crippen molar-refractivity contribution in [3.8, 4) is 0 Å². The third-order valence-corrected chi connectivity index (χ3v) is 4.97. The first-order valence-corrected chi connectivity index (χ1v) is 9.03. The number of anilines is 1. The van der Waals surface area contributed by atoms with Crippen LogP contribution in [-0.4, -0.2) is 45.1 Å². The number of aromatic nitrogens is 4. The summed E-state index contributed by atoms with van der Waals surface area (Å²) in [6, 6.07) is 5.71. The summed E-state index contributed by atoms with van der Waals surface area (Å²) in [5, 5.41) is 10.5. The predicted octanol–water partition coefficient (Wildman–Crippen LogP) is 3.75. The van der Waals surface area contributed by atoms with Crippen LogP contribution in [0.3, 0.4) is 0 Å². The lowest BCUT2D eigenvalue weighted by Gasteiger charge is -2.21. The number of ether oxygens (including phenoxy) is 1. The number of aryl methyl sites for hydroxylation is 1. The molecule has 2 N–H and O–H groups in total. The number of halogens is 3. The summed E-state index contributed by atoms with van der Waals surface area (Å²) in [4.78, 5) is 8.20. The zero-order valence-corrected chi connectivity index (χ0v) is 15.2. The highest BCUT2D eigenvalue weighted by Crippen LogP contribution is 2.33. The molecule has 0 bridgehead atoms. The summed E-state index contributed by atoms with van der Waals surface area (Å²) in [7, 11) is 0. The number of nitrogens with zero attached hydrogens (tertiary/aromatic N) is 3. The van der Waals surface area contributed by atoms with Crippen molar-refractivity contribution in [1.29, 1.82) is 0 Å². The standard InChI is InChI=1S/C19H20F3N5O/c1-11-2-4-12(5-3-11)19(21,22)9-28-16-7-13(6-15(16)20)26-17-14-8-25-27-18(14)24-10-23-17/h2-5,8,10,13,15-16H,6-7,9H2,1H3,(H2,23,24,25,26,27)/t13?,15-,16+/m0/s1. The smallest absolute Gasteiger partial charge is 0.296 e. The van der Waals surface area contributed by atoms with Gasteiger partial charge in [-0.25, -0.2) is 14.4 Å². The molecule has 1 aliphatic rings. The lowest BCUT2D eigenvalue weighted by Crippen LogP contribution is -2.28. The Kier molecular flexibility index (Phi) is 4.92. The monoisotopic (exact) mass is 391 g/mol. The minimum atomic E-state index is -3.17. The lowest BCUT2D eigenvalue weighted by atomic mass is 10.1. The highest BCUT2D eigenvalue weighted by atomic mass is 19.3. The maximum atomic E-state index is 14.4. The number of benzene rings is 1. The molecule has 6 nitrogen and oxygen atoms in total. The van der Waals surface area contributed by atoms with Gasteiger partial charge in [-0.1, -0.05) is 29.8 Å². The maximum Gasteiger partial charge on any atom is 0.296 e. The van der Waals surface area contributed by atoms with Gasteiger partial charge in [0, 0.05) is 18.0 Å². The second-order valence-electron chi connectivity index (χ2n) is 7.10. The van der Waals surface area contributed by atoms with E-state index < -0.39 is 24.8 Å². The van der Waals surface area contributed by atoms with Crippen LogP contribution in [0.4, 0.5) is 19.0 Å². The van der Waals surface area contributed by atoms with Crippen LogP contribution in [0.5, 0.6) is 0 Å². The average Bonchev–Trinajstić information content (AvgIpc) is 3.27. The summed E-state index contributed by atoms with van der Waals surface area (Å²) in [5.74, 6) is -2.64. The van der Waals surface area contributed by atoms with Gasteiger partial charge in [-0.3, -0.25) is 5.10 Å². The normalized spacial score (nSPS) is 22.6. The summed E-state index contributed by atoms with van der Waals surface area (Å²) in [6.45, 7) is 0.972. The highest BCUT2D eigenvalue weighted by Gasteiger charge is 2.39. The Morgan fingerprint density at radius 1 is 1.21 bits per heavy atom. The van der Waals surface area contributed by atoms with Crippen molar-refractivity contribution in [2.75, 3.05) is 11.9 Å². The van der Waals surface area contributed by atoms with Crippen LogP contribution in [0.1, 0.15) is 24.0 Å².